The van der Waals surface area contributed by atoms with Crippen LogP contribution in [0.15, 0.2) is 53.9 Å². The SMILES string of the molecule is [O-][S+](C=Cc1ccc(I)cc1)Cc1ccc(F)cc1. The fourth-order valence-corrected chi connectivity index (χ4v) is 2.81. The van der Waals surface area contributed by atoms with Crippen LogP contribution in [-0.2, 0) is 16.9 Å². The lowest BCUT2D eigenvalue weighted by molar-refractivity contribution is 0.602. The summed E-state index contributed by atoms with van der Waals surface area (Å²) < 4.78 is 25.8. The van der Waals surface area contributed by atoms with Crippen molar-refractivity contribution in [1.29, 1.82) is 0 Å². The molecule has 0 N–H and O–H groups in total. The lowest BCUT2D eigenvalue weighted by Gasteiger charge is -2.05. The van der Waals surface area contributed by atoms with Crippen molar-refractivity contribution in [2.24, 2.45) is 0 Å². The lowest BCUT2D eigenvalue weighted by Crippen LogP contribution is -1.99. The largest absolute Gasteiger partial charge is 0.612 e. The van der Waals surface area contributed by atoms with Crippen LogP contribution in [0.4, 0.5) is 4.39 Å². The molecular weight excluding hydrogens is 374 g/mol. The Bertz CT molecular complexity index is 551. The van der Waals surface area contributed by atoms with Crippen molar-refractivity contribution >= 4 is 39.8 Å². The monoisotopic (exact) mass is 386 g/mol. The smallest absolute Gasteiger partial charge is 0.135 e. The highest BCUT2D eigenvalue weighted by molar-refractivity contribution is 14.1. The van der Waals surface area contributed by atoms with Crippen LogP contribution in [0.5, 0.6) is 0 Å². The van der Waals surface area contributed by atoms with Gasteiger partial charge >= 0.3 is 0 Å². The molecule has 1 nitrogen and oxygen atoms in total. The fourth-order valence-electron chi connectivity index (χ4n) is 1.52. The fraction of sp³-hybridized carbons (Fsp3) is 0.0667. The van der Waals surface area contributed by atoms with Crippen LogP contribution in [0.3, 0.4) is 0 Å². The maximum absolute atomic E-state index is 12.7. The second-order valence-corrected chi connectivity index (χ2v) is 6.57. The summed E-state index contributed by atoms with van der Waals surface area (Å²) >= 11 is 1.15. The molecule has 19 heavy (non-hydrogen) atoms. The van der Waals surface area contributed by atoms with Gasteiger partial charge in [0.15, 0.2) is 0 Å². The van der Waals surface area contributed by atoms with Crippen LogP contribution >= 0.6 is 22.6 Å². The Kier molecular flexibility index (Phi) is 5.42. The van der Waals surface area contributed by atoms with E-state index in [-0.39, 0.29) is 5.82 Å². The molecule has 0 amide bonds. The molecule has 0 spiro atoms. The summed E-state index contributed by atoms with van der Waals surface area (Å²) in [4.78, 5) is 0. The third-order valence-corrected chi connectivity index (χ3v) is 4.28. The molecule has 0 saturated heterocycles. The van der Waals surface area contributed by atoms with Crippen LogP contribution in [0, 0.1) is 9.39 Å². The van der Waals surface area contributed by atoms with Gasteiger partial charge in [-0.1, -0.05) is 24.3 Å². The molecule has 0 saturated carbocycles. The van der Waals surface area contributed by atoms with Crippen LogP contribution in [-0.4, -0.2) is 4.55 Å². The summed E-state index contributed by atoms with van der Waals surface area (Å²) in [6.45, 7) is 0. The van der Waals surface area contributed by atoms with Gasteiger partial charge in [0.1, 0.15) is 17.0 Å². The Morgan fingerprint density at radius 3 is 2.32 bits per heavy atom. The Morgan fingerprint density at radius 1 is 1.05 bits per heavy atom. The number of rotatable bonds is 4. The lowest BCUT2D eigenvalue weighted by atomic mass is 10.2. The average molecular weight is 386 g/mol. The first-order valence-electron chi connectivity index (χ1n) is 5.69. The van der Waals surface area contributed by atoms with Crippen molar-refractivity contribution in [1.82, 2.24) is 0 Å². The summed E-state index contributed by atoms with van der Waals surface area (Å²) in [5.74, 6) is 0.130. The van der Waals surface area contributed by atoms with Crippen molar-refractivity contribution < 1.29 is 8.94 Å². The molecule has 1 atom stereocenters. The van der Waals surface area contributed by atoms with Gasteiger partial charge in [-0.05, 0) is 69.7 Å². The van der Waals surface area contributed by atoms with Crippen LogP contribution in [0.25, 0.3) is 6.08 Å². The zero-order valence-electron chi connectivity index (χ0n) is 10.1. The molecule has 0 heterocycles. The highest BCUT2D eigenvalue weighted by Gasteiger charge is 2.04. The van der Waals surface area contributed by atoms with Gasteiger partial charge in [-0.2, -0.15) is 0 Å². The second kappa shape index (κ2) is 7.07. The summed E-state index contributed by atoms with van der Waals surface area (Å²) in [6, 6.07) is 14.1. The number of hydrogen-bond donors (Lipinski definition) is 0. The molecule has 0 bridgehead atoms. The van der Waals surface area contributed by atoms with Gasteiger partial charge in [0.2, 0.25) is 0 Å². The van der Waals surface area contributed by atoms with Crippen LogP contribution < -0.4 is 0 Å². The van der Waals surface area contributed by atoms with Crippen molar-refractivity contribution in [2.75, 3.05) is 0 Å². The molecule has 0 fully saturated rings. The molecule has 2 rings (SSSR count). The van der Waals surface area contributed by atoms with Gasteiger partial charge in [-0.15, -0.1) is 0 Å². The Balaban J connectivity index is 1.95. The van der Waals surface area contributed by atoms with E-state index in [1.807, 2.05) is 30.3 Å². The first-order valence-corrected chi connectivity index (χ1v) is 8.15. The van der Waals surface area contributed by atoms with Gasteiger partial charge in [0, 0.05) is 9.13 Å². The zero-order valence-corrected chi connectivity index (χ0v) is 13.0. The Labute approximate surface area is 128 Å². The summed E-state index contributed by atoms with van der Waals surface area (Å²) in [5.41, 5.74) is 1.89. The molecule has 2 aromatic carbocycles. The highest BCUT2D eigenvalue weighted by Crippen LogP contribution is 2.12. The molecule has 0 aliphatic rings. The minimum absolute atomic E-state index is 0.274. The minimum Gasteiger partial charge on any atom is -0.612 e. The number of halogens is 2. The Hall–Kier alpha value is -0.850. The van der Waals surface area contributed by atoms with E-state index < -0.39 is 11.2 Å². The van der Waals surface area contributed by atoms with Gasteiger partial charge in [-0.3, -0.25) is 0 Å². The summed E-state index contributed by atoms with van der Waals surface area (Å²) in [7, 11) is 0. The van der Waals surface area contributed by atoms with E-state index in [0.717, 1.165) is 11.1 Å². The van der Waals surface area contributed by atoms with Crippen molar-refractivity contribution in [3.63, 3.8) is 0 Å². The zero-order chi connectivity index (χ0) is 13.7. The van der Waals surface area contributed by atoms with E-state index in [4.69, 9.17) is 0 Å². The molecule has 1 unspecified atom stereocenters. The minimum atomic E-state index is -1.09. The van der Waals surface area contributed by atoms with E-state index in [0.29, 0.717) is 5.75 Å². The van der Waals surface area contributed by atoms with Gasteiger partial charge in [-0.25, -0.2) is 4.39 Å². The normalized spacial score (nSPS) is 12.8. The molecule has 0 radical (unpaired) electrons. The van der Waals surface area contributed by atoms with Crippen LogP contribution in [0.2, 0.25) is 0 Å². The first kappa shape index (κ1) is 14.6. The summed E-state index contributed by atoms with van der Waals surface area (Å²) in [5, 5.41) is 1.67. The third kappa shape index (κ3) is 4.97. The van der Waals surface area contributed by atoms with E-state index in [1.54, 1.807) is 17.5 Å². The first-order chi connectivity index (χ1) is 9.13. The molecular formula is C15H12FIOS. The molecule has 4 heteroatoms. The van der Waals surface area contributed by atoms with Gasteiger partial charge in [0.25, 0.3) is 0 Å². The highest BCUT2D eigenvalue weighted by atomic mass is 127. The van der Waals surface area contributed by atoms with E-state index in [2.05, 4.69) is 22.6 Å². The molecule has 0 aliphatic carbocycles. The van der Waals surface area contributed by atoms with Crippen molar-refractivity contribution in [3.05, 3.63) is 74.5 Å². The van der Waals surface area contributed by atoms with E-state index in [1.165, 1.54) is 15.7 Å². The molecule has 98 valence electrons. The van der Waals surface area contributed by atoms with Gasteiger partial charge < -0.3 is 4.55 Å². The third-order valence-electron chi connectivity index (χ3n) is 2.50. The second-order valence-electron chi connectivity index (χ2n) is 4.01. The molecule has 0 aromatic heterocycles. The van der Waals surface area contributed by atoms with E-state index in [9.17, 15) is 8.94 Å². The number of benzene rings is 2. The van der Waals surface area contributed by atoms with E-state index >= 15 is 0 Å². The van der Waals surface area contributed by atoms with Gasteiger partial charge in [0.05, 0.1) is 0 Å². The number of hydrogen-bond acceptors (Lipinski definition) is 1. The quantitative estimate of drug-likeness (QED) is 0.566. The standard InChI is InChI=1S/C15H12FIOS/c16-14-5-1-13(2-6-14)11-19(18)10-9-12-3-7-15(17)8-4-12/h1-10H,11H2. The Morgan fingerprint density at radius 2 is 1.68 bits per heavy atom. The van der Waals surface area contributed by atoms with Crippen molar-refractivity contribution in [3.8, 4) is 0 Å². The maximum Gasteiger partial charge on any atom is 0.135 e. The topological polar surface area (TPSA) is 23.1 Å². The predicted molar refractivity (Wildman–Crippen MR) is 86.4 cm³/mol. The summed E-state index contributed by atoms with van der Waals surface area (Å²) in [6.07, 6.45) is 1.84. The average Bonchev–Trinajstić information content (AvgIpc) is 2.41. The van der Waals surface area contributed by atoms with Crippen LogP contribution in [0.1, 0.15) is 11.1 Å². The van der Waals surface area contributed by atoms with Crippen molar-refractivity contribution in [2.45, 2.75) is 5.75 Å². The maximum atomic E-state index is 12.7. The molecule has 2 aromatic rings. The molecule has 0 aliphatic heterocycles. The predicted octanol–water partition coefficient (Wildman–Crippen LogP) is 4.35.